The van der Waals surface area contributed by atoms with Crippen LogP contribution < -0.4 is 11.4 Å². The van der Waals surface area contributed by atoms with Gasteiger partial charge in [0.1, 0.15) is 18.0 Å². The average molecular weight is 259 g/mol. The van der Waals surface area contributed by atoms with Crippen molar-refractivity contribution in [2.45, 2.75) is 31.5 Å². The Bertz CT molecular complexity index is 506. The Kier molecular flexibility index (Phi) is 3.33. The molecule has 4 N–H and O–H groups in total. The van der Waals surface area contributed by atoms with E-state index in [-0.39, 0.29) is 5.82 Å². The van der Waals surface area contributed by atoms with E-state index in [2.05, 4.69) is 4.98 Å². The molecule has 1 unspecified atom stereocenters. The van der Waals surface area contributed by atoms with E-state index in [0.29, 0.717) is 5.56 Å². The molecule has 1 aliphatic heterocycles. The molecule has 1 aromatic rings. The summed E-state index contributed by atoms with van der Waals surface area (Å²) in [4.78, 5) is 15.1. The monoisotopic (exact) mass is 259 g/mol. The number of aromatic nitrogens is 2. The van der Waals surface area contributed by atoms with Gasteiger partial charge in [0.05, 0.1) is 6.61 Å². The van der Waals surface area contributed by atoms with Gasteiger partial charge in [-0.25, -0.2) is 9.18 Å². The standard InChI is InChI=1S/C10H14FN3O4/c1-4-2-14(10(17)13-8(4)12)9-6(11)7(16)5(3-15)18-9/h2,5-7,9,15-16H,3H2,1H3,(H2,12,13,17)/t5-,6+,7?,9-/m1/s1. The molecular weight excluding hydrogens is 245 g/mol. The topological polar surface area (TPSA) is 111 Å². The Morgan fingerprint density at radius 1 is 1.67 bits per heavy atom. The van der Waals surface area contributed by atoms with Gasteiger partial charge < -0.3 is 20.7 Å². The zero-order valence-electron chi connectivity index (χ0n) is 9.65. The van der Waals surface area contributed by atoms with E-state index in [0.717, 1.165) is 4.57 Å². The number of hydrogen-bond donors (Lipinski definition) is 3. The van der Waals surface area contributed by atoms with Crippen LogP contribution in [0.1, 0.15) is 11.8 Å². The second kappa shape index (κ2) is 4.63. The molecule has 1 fully saturated rings. The van der Waals surface area contributed by atoms with Crippen molar-refractivity contribution in [3.05, 3.63) is 22.2 Å². The lowest BCUT2D eigenvalue weighted by atomic mass is 10.1. The maximum absolute atomic E-state index is 13.8. The first-order valence-electron chi connectivity index (χ1n) is 5.39. The first-order chi connectivity index (χ1) is 8.45. The van der Waals surface area contributed by atoms with Gasteiger partial charge in [0.2, 0.25) is 0 Å². The summed E-state index contributed by atoms with van der Waals surface area (Å²) in [5.74, 6) is 0.0592. The minimum absolute atomic E-state index is 0.0592. The zero-order chi connectivity index (χ0) is 13.4. The third kappa shape index (κ3) is 1.98. The van der Waals surface area contributed by atoms with E-state index in [1.165, 1.54) is 6.20 Å². The highest BCUT2D eigenvalue weighted by atomic mass is 19.1. The SMILES string of the molecule is Cc1cn([C@@H]2O[C@H](CO)C(O)[C@@H]2F)c(=O)nc1N. The van der Waals surface area contributed by atoms with Crippen molar-refractivity contribution in [2.24, 2.45) is 0 Å². The summed E-state index contributed by atoms with van der Waals surface area (Å²) in [5, 5.41) is 18.4. The normalized spacial score (nSPS) is 31.8. The molecule has 0 aliphatic carbocycles. The number of aliphatic hydroxyl groups excluding tert-OH is 2. The fourth-order valence-electron chi connectivity index (χ4n) is 1.84. The summed E-state index contributed by atoms with van der Waals surface area (Å²) in [7, 11) is 0. The van der Waals surface area contributed by atoms with Crippen molar-refractivity contribution >= 4 is 5.82 Å². The zero-order valence-corrected chi connectivity index (χ0v) is 9.65. The largest absolute Gasteiger partial charge is 0.394 e. The van der Waals surface area contributed by atoms with E-state index in [1.807, 2.05) is 0 Å². The molecule has 0 bridgehead atoms. The van der Waals surface area contributed by atoms with Crippen molar-refractivity contribution in [3.63, 3.8) is 0 Å². The number of nitrogen functional groups attached to an aromatic ring is 1. The Morgan fingerprint density at radius 2 is 2.33 bits per heavy atom. The maximum Gasteiger partial charge on any atom is 0.351 e. The number of aliphatic hydroxyl groups is 2. The van der Waals surface area contributed by atoms with E-state index in [1.54, 1.807) is 6.92 Å². The Labute approximate surface area is 102 Å². The molecule has 18 heavy (non-hydrogen) atoms. The molecule has 4 atom stereocenters. The number of nitrogens with zero attached hydrogens (tertiary/aromatic N) is 2. The molecule has 7 nitrogen and oxygen atoms in total. The molecule has 0 radical (unpaired) electrons. The van der Waals surface area contributed by atoms with Crippen LogP contribution in [0, 0.1) is 6.92 Å². The smallest absolute Gasteiger partial charge is 0.351 e. The van der Waals surface area contributed by atoms with Gasteiger partial charge in [-0.2, -0.15) is 4.98 Å². The molecule has 2 heterocycles. The summed E-state index contributed by atoms with van der Waals surface area (Å²) in [6, 6.07) is 0. The van der Waals surface area contributed by atoms with Crippen LogP contribution >= 0.6 is 0 Å². The van der Waals surface area contributed by atoms with E-state index >= 15 is 0 Å². The van der Waals surface area contributed by atoms with Crippen LogP contribution in [0.3, 0.4) is 0 Å². The Hall–Kier alpha value is -1.51. The quantitative estimate of drug-likeness (QED) is 0.610. The van der Waals surface area contributed by atoms with Gasteiger partial charge >= 0.3 is 5.69 Å². The van der Waals surface area contributed by atoms with Gasteiger partial charge in [-0.1, -0.05) is 0 Å². The van der Waals surface area contributed by atoms with Crippen molar-refractivity contribution in [1.82, 2.24) is 9.55 Å². The van der Waals surface area contributed by atoms with E-state index in [4.69, 9.17) is 15.6 Å². The number of aryl methyl sites for hydroxylation is 1. The van der Waals surface area contributed by atoms with Gasteiger partial charge in [0.15, 0.2) is 12.4 Å². The summed E-state index contributed by atoms with van der Waals surface area (Å²) >= 11 is 0. The predicted molar refractivity (Wildman–Crippen MR) is 59.5 cm³/mol. The number of hydrogen-bond acceptors (Lipinski definition) is 6. The molecule has 1 aromatic heterocycles. The molecule has 8 heteroatoms. The summed E-state index contributed by atoms with van der Waals surface area (Å²) in [6.07, 6.45) is -4.35. The van der Waals surface area contributed by atoms with Gasteiger partial charge in [-0.15, -0.1) is 0 Å². The summed E-state index contributed by atoms with van der Waals surface area (Å²) in [5.41, 5.74) is 5.18. The van der Waals surface area contributed by atoms with Crippen molar-refractivity contribution < 1.29 is 19.3 Å². The van der Waals surface area contributed by atoms with Gasteiger partial charge in [0, 0.05) is 11.8 Å². The van der Waals surface area contributed by atoms with Crippen molar-refractivity contribution in [1.29, 1.82) is 0 Å². The van der Waals surface area contributed by atoms with Gasteiger partial charge in [-0.3, -0.25) is 4.57 Å². The molecule has 1 aliphatic rings. The number of halogens is 1. The van der Waals surface area contributed by atoms with Crippen molar-refractivity contribution in [3.8, 4) is 0 Å². The van der Waals surface area contributed by atoms with E-state index in [9.17, 15) is 14.3 Å². The fourth-order valence-corrected chi connectivity index (χ4v) is 1.84. The van der Waals surface area contributed by atoms with Crippen LogP contribution in [0.15, 0.2) is 11.0 Å². The van der Waals surface area contributed by atoms with Gasteiger partial charge in [-0.05, 0) is 6.92 Å². The Morgan fingerprint density at radius 3 is 2.89 bits per heavy atom. The lowest BCUT2D eigenvalue weighted by Crippen LogP contribution is -2.34. The maximum atomic E-state index is 13.8. The van der Waals surface area contributed by atoms with Crippen LogP contribution in [0.2, 0.25) is 0 Å². The number of ether oxygens (including phenoxy) is 1. The lowest BCUT2D eigenvalue weighted by Gasteiger charge is -2.16. The highest BCUT2D eigenvalue weighted by molar-refractivity contribution is 5.35. The highest BCUT2D eigenvalue weighted by Gasteiger charge is 2.45. The molecule has 2 rings (SSSR count). The molecule has 0 amide bonds. The lowest BCUT2D eigenvalue weighted by molar-refractivity contribution is -0.0491. The highest BCUT2D eigenvalue weighted by Crippen LogP contribution is 2.30. The third-order valence-corrected chi connectivity index (χ3v) is 2.92. The summed E-state index contributed by atoms with van der Waals surface area (Å²) < 4.78 is 19.8. The number of nitrogens with two attached hydrogens (primary N) is 1. The minimum Gasteiger partial charge on any atom is -0.394 e. The molecule has 0 spiro atoms. The third-order valence-electron chi connectivity index (χ3n) is 2.92. The van der Waals surface area contributed by atoms with Crippen molar-refractivity contribution in [2.75, 3.05) is 12.3 Å². The molecule has 1 saturated heterocycles. The van der Waals surface area contributed by atoms with Crippen LogP contribution in [0.5, 0.6) is 0 Å². The first kappa shape index (κ1) is 12.9. The average Bonchev–Trinajstić information content (AvgIpc) is 2.61. The van der Waals surface area contributed by atoms with Crippen LogP contribution in [0.25, 0.3) is 0 Å². The van der Waals surface area contributed by atoms with Crippen LogP contribution in [0.4, 0.5) is 10.2 Å². The molecule has 100 valence electrons. The fraction of sp³-hybridized carbons (Fsp3) is 0.600. The second-order valence-electron chi connectivity index (χ2n) is 4.18. The Balaban J connectivity index is 2.39. The predicted octanol–water partition coefficient (Wildman–Crippen LogP) is -1.28. The first-order valence-corrected chi connectivity index (χ1v) is 5.39. The van der Waals surface area contributed by atoms with Crippen LogP contribution in [-0.2, 0) is 4.74 Å². The molecular formula is C10H14FN3O4. The van der Waals surface area contributed by atoms with E-state index < -0.39 is 36.9 Å². The number of alkyl halides is 1. The minimum atomic E-state index is -1.82. The molecule has 0 aromatic carbocycles. The van der Waals surface area contributed by atoms with Crippen LogP contribution in [-0.4, -0.2) is 44.8 Å². The van der Waals surface area contributed by atoms with Gasteiger partial charge in [0.25, 0.3) is 0 Å². The number of rotatable bonds is 2. The molecule has 0 saturated carbocycles. The summed E-state index contributed by atoms with van der Waals surface area (Å²) in [6.45, 7) is 1.08. The second-order valence-corrected chi connectivity index (χ2v) is 4.18. The number of anilines is 1.